The molecule has 0 aliphatic heterocycles. The molecule has 0 aromatic heterocycles. The summed E-state index contributed by atoms with van der Waals surface area (Å²) in [6.45, 7) is 4.12. The zero-order valence-corrected chi connectivity index (χ0v) is 9.87. The maximum Gasteiger partial charge on any atom is 0.0585 e. The molecule has 1 unspecified atom stereocenters. The summed E-state index contributed by atoms with van der Waals surface area (Å²) in [5, 5.41) is 12.4. The Morgan fingerprint density at radius 2 is 2.13 bits per heavy atom. The highest BCUT2D eigenvalue weighted by molar-refractivity contribution is 4.69. The monoisotopic (exact) mass is 215 g/mol. The molecular weight excluding hydrogens is 190 g/mol. The summed E-state index contributed by atoms with van der Waals surface area (Å²) < 4.78 is 5.76. The molecule has 1 aliphatic rings. The third kappa shape index (κ3) is 5.50. The number of rotatable bonds is 8. The van der Waals surface area contributed by atoms with Crippen LogP contribution in [-0.4, -0.2) is 37.0 Å². The van der Waals surface area contributed by atoms with E-state index in [9.17, 15) is 0 Å². The van der Waals surface area contributed by atoms with Gasteiger partial charge in [0.25, 0.3) is 0 Å². The lowest BCUT2D eigenvalue weighted by Gasteiger charge is -2.17. The molecular formula is C12H25NO2. The molecule has 1 aliphatic carbocycles. The smallest absolute Gasteiger partial charge is 0.0585 e. The van der Waals surface area contributed by atoms with Crippen LogP contribution in [0.3, 0.4) is 0 Å². The predicted molar refractivity (Wildman–Crippen MR) is 62.0 cm³/mol. The number of hydrogen-bond acceptors (Lipinski definition) is 3. The molecule has 15 heavy (non-hydrogen) atoms. The van der Waals surface area contributed by atoms with Crippen molar-refractivity contribution in [2.24, 2.45) is 0 Å². The maximum atomic E-state index is 9.13. The molecule has 0 heterocycles. The normalized spacial score (nSPS) is 19.6. The Bertz CT molecular complexity index is 147. The molecule has 2 N–H and O–H groups in total. The Balaban J connectivity index is 2.00. The third-order valence-corrected chi connectivity index (χ3v) is 3.03. The fraction of sp³-hybridized carbons (Fsp3) is 1.00. The number of aliphatic hydroxyl groups is 1. The zero-order chi connectivity index (χ0) is 10.9. The van der Waals surface area contributed by atoms with E-state index in [0.717, 1.165) is 26.0 Å². The standard InChI is InChI=1S/C12H25NO2/c1-2-8-13-11(10-14)7-9-15-12-5-3-4-6-12/h11-14H,2-10H2,1H3. The molecule has 1 saturated carbocycles. The second-order valence-corrected chi connectivity index (χ2v) is 4.40. The predicted octanol–water partition coefficient (Wildman–Crippen LogP) is 1.70. The van der Waals surface area contributed by atoms with E-state index in [1.165, 1.54) is 25.7 Å². The van der Waals surface area contributed by atoms with E-state index >= 15 is 0 Å². The molecule has 0 aromatic carbocycles. The Hall–Kier alpha value is -0.120. The first-order valence-corrected chi connectivity index (χ1v) is 6.32. The highest BCUT2D eigenvalue weighted by atomic mass is 16.5. The van der Waals surface area contributed by atoms with E-state index < -0.39 is 0 Å². The van der Waals surface area contributed by atoms with Crippen molar-refractivity contribution >= 4 is 0 Å². The fourth-order valence-electron chi connectivity index (χ4n) is 2.04. The van der Waals surface area contributed by atoms with Gasteiger partial charge < -0.3 is 15.2 Å². The molecule has 0 aromatic rings. The van der Waals surface area contributed by atoms with Gasteiger partial charge in [0, 0.05) is 12.6 Å². The van der Waals surface area contributed by atoms with Crippen molar-refractivity contribution in [3.8, 4) is 0 Å². The summed E-state index contributed by atoms with van der Waals surface area (Å²) in [5.74, 6) is 0. The first-order valence-electron chi connectivity index (χ1n) is 6.32. The largest absolute Gasteiger partial charge is 0.395 e. The molecule has 1 fully saturated rings. The SMILES string of the molecule is CCCNC(CO)CCOC1CCCC1. The topological polar surface area (TPSA) is 41.5 Å². The molecule has 1 atom stereocenters. The van der Waals surface area contributed by atoms with E-state index in [2.05, 4.69) is 12.2 Å². The van der Waals surface area contributed by atoms with Crippen LogP contribution >= 0.6 is 0 Å². The minimum atomic E-state index is 0.214. The molecule has 3 nitrogen and oxygen atoms in total. The van der Waals surface area contributed by atoms with E-state index in [-0.39, 0.29) is 12.6 Å². The van der Waals surface area contributed by atoms with Crippen LogP contribution in [0.15, 0.2) is 0 Å². The van der Waals surface area contributed by atoms with Crippen molar-refractivity contribution < 1.29 is 9.84 Å². The van der Waals surface area contributed by atoms with Crippen LogP contribution in [-0.2, 0) is 4.74 Å². The lowest BCUT2D eigenvalue weighted by molar-refractivity contribution is 0.0480. The van der Waals surface area contributed by atoms with Gasteiger partial charge in [-0.2, -0.15) is 0 Å². The van der Waals surface area contributed by atoms with Crippen LogP contribution in [0.4, 0.5) is 0 Å². The van der Waals surface area contributed by atoms with Gasteiger partial charge in [-0.25, -0.2) is 0 Å². The van der Waals surface area contributed by atoms with Crippen molar-refractivity contribution in [1.82, 2.24) is 5.32 Å². The Kier molecular flexibility index (Phi) is 6.98. The highest BCUT2D eigenvalue weighted by Gasteiger charge is 2.15. The summed E-state index contributed by atoms with van der Waals surface area (Å²) in [7, 11) is 0. The van der Waals surface area contributed by atoms with Gasteiger partial charge in [-0.1, -0.05) is 19.8 Å². The maximum absolute atomic E-state index is 9.13. The average molecular weight is 215 g/mol. The first-order chi connectivity index (χ1) is 7.36. The van der Waals surface area contributed by atoms with Gasteiger partial charge in [0.05, 0.1) is 12.7 Å². The van der Waals surface area contributed by atoms with Gasteiger partial charge in [0.1, 0.15) is 0 Å². The minimum Gasteiger partial charge on any atom is -0.395 e. The van der Waals surface area contributed by atoms with Gasteiger partial charge in [-0.3, -0.25) is 0 Å². The minimum absolute atomic E-state index is 0.214. The molecule has 0 spiro atoms. The number of aliphatic hydroxyl groups excluding tert-OH is 1. The van der Waals surface area contributed by atoms with Gasteiger partial charge in [0.15, 0.2) is 0 Å². The number of nitrogens with one attached hydrogen (secondary N) is 1. The molecule has 0 bridgehead atoms. The van der Waals surface area contributed by atoms with Crippen molar-refractivity contribution in [3.05, 3.63) is 0 Å². The summed E-state index contributed by atoms with van der Waals surface area (Å²) >= 11 is 0. The molecule has 3 heteroatoms. The van der Waals surface area contributed by atoms with E-state index in [1.807, 2.05) is 0 Å². The first kappa shape index (κ1) is 12.9. The van der Waals surface area contributed by atoms with Crippen molar-refractivity contribution in [1.29, 1.82) is 0 Å². The van der Waals surface area contributed by atoms with Crippen molar-refractivity contribution in [2.75, 3.05) is 19.8 Å². The number of ether oxygens (including phenoxy) is 1. The van der Waals surface area contributed by atoms with Crippen LogP contribution in [0.2, 0.25) is 0 Å². The van der Waals surface area contributed by atoms with Gasteiger partial charge in [0.2, 0.25) is 0 Å². The Morgan fingerprint density at radius 3 is 2.73 bits per heavy atom. The summed E-state index contributed by atoms with van der Waals surface area (Å²) in [6.07, 6.45) is 7.63. The molecule has 1 rings (SSSR count). The zero-order valence-electron chi connectivity index (χ0n) is 9.87. The van der Waals surface area contributed by atoms with E-state index in [4.69, 9.17) is 9.84 Å². The Morgan fingerprint density at radius 1 is 1.40 bits per heavy atom. The van der Waals surface area contributed by atoms with Crippen LogP contribution in [0.1, 0.15) is 45.4 Å². The van der Waals surface area contributed by atoms with Crippen LogP contribution in [0.5, 0.6) is 0 Å². The number of hydrogen-bond donors (Lipinski definition) is 2. The van der Waals surface area contributed by atoms with Gasteiger partial charge in [-0.15, -0.1) is 0 Å². The second-order valence-electron chi connectivity index (χ2n) is 4.40. The quantitative estimate of drug-likeness (QED) is 0.647. The van der Waals surface area contributed by atoms with Crippen molar-refractivity contribution in [2.45, 2.75) is 57.6 Å². The summed E-state index contributed by atoms with van der Waals surface area (Å²) in [6, 6.07) is 0.214. The molecule has 0 amide bonds. The third-order valence-electron chi connectivity index (χ3n) is 3.03. The van der Waals surface area contributed by atoms with Gasteiger partial charge >= 0.3 is 0 Å². The Labute approximate surface area is 93.2 Å². The van der Waals surface area contributed by atoms with Crippen LogP contribution < -0.4 is 5.32 Å². The van der Waals surface area contributed by atoms with Crippen molar-refractivity contribution in [3.63, 3.8) is 0 Å². The van der Waals surface area contributed by atoms with Gasteiger partial charge in [-0.05, 0) is 32.2 Å². The summed E-state index contributed by atoms with van der Waals surface area (Å²) in [4.78, 5) is 0. The lowest BCUT2D eigenvalue weighted by atomic mass is 10.2. The van der Waals surface area contributed by atoms with Crippen LogP contribution in [0.25, 0.3) is 0 Å². The molecule has 0 saturated heterocycles. The van der Waals surface area contributed by atoms with E-state index in [1.54, 1.807) is 0 Å². The highest BCUT2D eigenvalue weighted by Crippen LogP contribution is 2.20. The molecule has 0 radical (unpaired) electrons. The molecule has 90 valence electrons. The summed E-state index contributed by atoms with van der Waals surface area (Å²) in [5.41, 5.74) is 0. The van der Waals surface area contributed by atoms with E-state index in [0.29, 0.717) is 6.10 Å². The van der Waals surface area contributed by atoms with Crippen LogP contribution in [0, 0.1) is 0 Å². The average Bonchev–Trinajstić information content (AvgIpc) is 2.76. The fourth-order valence-corrected chi connectivity index (χ4v) is 2.04. The lowest BCUT2D eigenvalue weighted by Crippen LogP contribution is -2.34. The second kappa shape index (κ2) is 8.08.